The van der Waals surface area contributed by atoms with Crippen LogP contribution in [0.1, 0.15) is 17.3 Å². The van der Waals surface area contributed by atoms with Crippen LogP contribution in [-0.4, -0.2) is 22.1 Å². The van der Waals surface area contributed by atoms with Gasteiger partial charge in [0, 0.05) is 24.5 Å². The van der Waals surface area contributed by atoms with E-state index in [0.29, 0.717) is 12.1 Å². The molecule has 0 N–H and O–H groups in total. The van der Waals surface area contributed by atoms with E-state index < -0.39 is 0 Å². The molecule has 0 fully saturated rings. The molecule has 5 nitrogen and oxygen atoms in total. The average Bonchev–Trinajstić information content (AvgIpc) is 2.85. The quantitative estimate of drug-likeness (QED) is 0.745. The predicted octanol–water partition coefficient (Wildman–Crippen LogP) is 2.26. The van der Waals surface area contributed by atoms with Crippen LogP contribution in [0.4, 0.5) is 0 Å². The van der Waals surface area contributed by atoms with Gasteiger partial charge in [0.15, 0.2) is 0 Å². The first kappa shape index (κ1) is 13.5. The Hall–Kier alpha value is -2.47. The van der Waals surface area contributed by atoms with E-state index in [9.17, 15) is 9.59 Å². The van der Waals surface area contributed by atoms with Crippen molar-refractivity contribution < 1.29 is 4.79 Å². The van der Waals surface area contributed by atoms with Crippen LogP contribution in [0.3, 0.4) is 0 Å². The molecule has 0 aliphatic rings. The van der Waals surface area contributed by atoms with E-state index in [1.54, 1.807) is 24.5 Å². The number of hydrogen-bond donors (Lipinski definition) is 0. The standard InChI is InChI=1S/C15H13N3O2S/c1-2-17(14(19)11-7-9-16-10-8-11)18-12-5-3-4-6-13(12)21-15(18)20/h3-10H,2H2,1H3. The monoisotopic (exact) mass is 299 g/mol. The molecule has 1 aromatic carbocycles. The molecule has 2 heterocycles. The Bertz CT molecular complexity index is 839. The second kappa shape index (κ2) is 5.49. The molecule has 0 saturated carbocycles. The van der Waals surface area contributed by atoms with Crippen LogP contribution >= 0.6 is 11.3 Å². The van der Waals surface area contributed by atoms with Gasteiger partial charge in [0.1, 0.15) is 0 Å². The number of amides is 1. The Balaban J connectivity index is 2.13. The lowest BCUT2D eigenvalue weighted by atomic mass is 10.2. The number of fused-ring (bicyclic) bond motifs is 1. The van der Waals surface area contributed by atoms with Gasteiger partial charge in [-0.2, -0.15) is 0 Å². The van der Waals surface area contributed by atoms with Gasteiger partial charge in [0.25, 0.3) is 5.91 Å². The summed E-state index contributed by atoms with van der Waals surface area (Å²) in [5, 5.41) is 1.45. The van der Waals surface area contributed by atoms with Crippen molar-refractivity contribution in [3.05, 3.63) is 64.0 Å². The smallest absolute Gasteiger partial charge is 0.267 e. The van der Waals surface area contributed by atoms with Gasteiger partial charge in [0.05, 0.1) is 10.2 Å². The number of nitrogens with zero attached hydrogens (tertiary/aromatic N) is 3. The molecule has 3 rings (SSSR count). The second-order valence-corrected chi connectivity index (χ2v) is 5.40. The molecule has 1 amide bonds. The summed E-state index contributed by atoms with van der Waals surface area (Å²) in [5.74, 6) is -0.217. The molecule has 0 unspecified atom stereocenters. The Labute approximate surface area is 125 Å². The van der Waals surface area contributed by atoms with E-state index in [2.05, 4.69) is 4.98 Å². The zero-order valence-corrected chi connectivity index (χ0v) is 12.2. The summed E-state index contributed by atoms with van der Waals surface area (Å²) in [5.41, 5.74) is 1.26. The zero-order valence-electron chi connectivity index (χ0n) is 11.4. The van der Waals surface area contributed by atoms with Crippen molar-refractivity contribution in [1.29, 1.82) is 0 Å². The third-order valence-electron chi connectivity index (χ3n) is 3.17. The Kier molecular flexibility index (Phi) is 3.53. The first-order valence-electron chi connectivity index (χ1n) is 6.55. The molecule has 0 aliphatic carbocycles. The van der Waals surface area contributed by atoms with E-state index in [-0.39, 0.29) is 10.8 Å². The van der Waals surface area contributed by atoms with Crippen molar-refractivity contribution in [2.45, 2.75) is 6.92 Å². The SMILES string of the molecule is CCN(C(=O)c1ccncc1)n1c(=O)sc2ccccc21. The van der Waals surface area contributed by atoms with E-state index >= 15 is 0 Å². The van der Waals surface area contributed by atoms with Crippen LogP contribution in [0.2, 0.25) is 0 Å². The number of hydrogen-bond acceptors (Lipinski definition) is 4. The second-order valence-electron chi connectivity index (χ2n) is 4.40. The lowest BCUT2D eigenvalue weighted by Gasteiger charge is -2.21. The minimum absolute atomic E-state index is 0.166. The van der Waals surface area contributed by atoms with Crippen molar-refractivity contribution in [1.82, 2.24) is 9.66 Å². The van der Waals surface area contributed by atoms with E-state index in [4.69, 9.17) is 0 Å². The summed E-state index contributed by atoms with van der Waals surface area (Å²) in [4.78, 5) is 28.6. The number of para-hydroxylation sites is 1. The van der Waals surface area contributed by atoms with E-state index in [0.717, 1.165) is 21.6 Å². The lowest BCUT2D eigenvalue weighted by molar-refractivity contribution is 0.0961. The first-order chi connectivity index (χ1) is 10.2. The summed E-state index contributed by atoms with van der Waals surface area (Å²) in [7, 11) is 0. The highest BCUT2D eigenvalue weighted by molar-refractivity contribution is 7.16. The fourth-order valence-corrected chi connectivity index (χ4v) is 3.08. The molecule has 0 atom stereocenters. The van der Waals surface area contributed by atoms with Crippen LogP contribution in [0.25, 0.3) is 10.2 Å². The molecular formula is C15H13N3O2S. The first-order valence-corrected chi connectivity index (χ1v) is 7.36. The Morgan fingerprint density at radius 3 is 2.67 bits per heavy atom. The van der Waals surface area contributed by atoms with Crippen LogP contribution in [-0.2, 0) is 0 Å². The Morgan fingerprint density at radius 1 is 1.24 bits per heavy atom. The molecule has 21 heavy (non-hydrogen) atoms. The molecule has 0 aliphatic heterocycles. The molecule has 3 aromatic rings. The van der Waals surface area contributed by atoms with Gasteiger partial charge in [-0.15, -0.1) is 0 Å². The highest BCUT2D eigenvalue weighted by Crippen LogP contribution is 2.17. The maximum absolute atomic E-state index is 12.6. The van der Waals surface area contributed by atoms with Crippen LogP contribution in [0, 0.1) is 0 Å². The Morgan fingerprint density at radius 2 is 1.95 bits per heavy atom. The summed E-state index contributed by atoms with van der Waals surface area (Å²) in [6.45, 7) is 2.25. The minimum atomic E-state index is -0.217. The number of rotatable bonds is 3. The molecule has 0 radical (unpaired) electrons. The molecule has 0 saturated heterocycles. The lowest BCUT2D eigenvalue weighted by Crippen LogP contribution is -2.44. The summed E-state index contributed by atoms with van der Waals surface area (Å²) >= 11 is 1.14. The molecule has 0 spiro atoms. The van der Waals surface area contributed by atoms with Crippen molar-refractivity contribution in [2.24, 2.45) is 0 Å². The van der Waals surface area contributed by atoms with Gasteiger partial charge in [-0.25, -0.2) is 9.69 Å². The fraction of sp³-hybridized carbons (Fsp3) is 0.133. The van der Waals surface area contributed by atoms with Gasteiger partial charge in [-0.3, -0.25) is 14.6 Å². The number of thiazole rings is 1. The summed E-state index contributed by atoms with van der Waals surface area (Å²) in [6, 6.07) is 10.7. The molecule has 0 bridgehead atoms. The molecule has 106 valence electrons. The highest BCUT2D eigenvalue weighted by Gasteiger charge is 2.20. The van der Waals surface area contributed by atoms with Gasteiger partial charge in [0.2, 0.25) is 0 Å². The van der Waals surface area contributed by atoms with Crippen LogP contribution < -0.4 is 9.88 Å². The summed E-state index contributed by atoms with van der Waals surface area (Å²) < 4.78 is 2.31. The van der Waals surface area contributed by atoms with Gasteiger partial charge in [-0.05, 0) is 31.2 Å². The molecular weight excluding hydrogens is 286 g/mol. The third kappa shape index (κ3) is 2.34. The zero-order chi connectivity index (χ0) is 14.8. The van der Waals surface area contributed by atoms with Gasteiger partial charge < -0.3 is 0 Å². The highest BCUT2D eigenvalue weighted by atomic mass is 32.1. The number of benzene rings is 1. The van der Waals surface area contributed by atoms with Gasteiger partial charge in [-0.1, -0.05) is 23.5 Å². The number of carbonyl (C=O) groups excluding carboxylic acids is 1. The van der Waals surface area contributed by atoms with Crippen molar-refractivity contribution >= 4 is 27.5 Å². The maximum atomic E-state index is 12.6. The van der Waals surface area contributed by atoms with Crippen LogP contribution in [0.5, 0.6) is 0 Å². The van der Waals surface area contributed by atoms with Gasteiger partial charge >= 0.3 is 4.87 Å². The fourth-order valence-electron chi connectivity index (χ4n) is 2.20. The van der Waals surface area contributed by atoms with Crippen molar-refractivity contribution in [3.8, 4) is 0 Å². The summed E-state index contributed by atoms with van der Waals surface area (Å²) in [6.07, 6.45) is 3.13. The topological polar surface area (TPSA) is 55.2 Å². The average molecular weight is 299 g/mol. The van der Waals surface area contributed by atoms with Crippen LogP contribution in [0.15, 0.2) is 53.6 Å². The normalized spacial score (nSPS) is 10.7. The number of carbonyl (C=O) groups is 1. The minimum Gasteiger partial charge on any atom is -0.267 e. The molecule has 6 heteroatoms. The number of aromatic nitrogens is 2. The van der Waals surface area contributed by atoms with E-state index in [1.165, 1.54) is 9.69 Å². The van der Waals surface area contributed by atoms with Crippen molar-refractivity contribution in [2.75, 3.05) is 11.6 Å². The van der Waals surface area contributed by atoms with E-state index in [1.807, 2.05) is 31.2 Å². The van der Waals surface area contributed by atoms with Crippen molar-refractivity contribution in [3.63, 3.8) is 0 Å². The third-order valence-corrected chi connectivity index (χ3v) is 4.08. The maximum Gasteiger partial charge on any atom is 0.327 e. The molecule has 2 aromatic heterocycles. The predicted molar refractivity (Wildman–Crippen MR) is 83.4 cm³/mol. The largest absolute Gasteiger partial charge is 0.327 e. The number of pyridine rings is 1.